The summed E-state index contributed by atoms with van der Waals surface area (Å²) in [6.45, 7) is 4.63. The standard InChI is InChI=1S/C22H22N4O4S/c1-3-12-26-21(19-13-29-17-10-6-7-11-18(17)30-19)24-25-22(26)31-14-20(27)23-15-8-4-5-9-16(15)28-2/h3-11,19H,1,12-14H2,2H3,(H,23,27). The lowest BCUT2D eigenvalue weighted by molar-refractivity contribution is -0.113. The molecule has 0 saturated heterocycles. The highest BCUT2D eigenvalue weighted by Gasteiger charge is 2.28. The summed E-state index contributed by atoms with van der Waals surface area (Å²) < 4.78 is 19.0. The van der Waals surface area contributed by atoms with Crippen LogP contribution in [0.1, 0.15) is 11.9 Å². The Hall–Kier alpha value is -3.46. The molecule has 1 N–H and O–H groups in total. The molecular weight excluding hydrogens is 416 g/mol. The van der Waals surface area contributed by atoms with Gasteiger partial charge in [0.25, 0.3) is 0 Å². The molecule has 0 bridgehead atoms. The normalized spacial score (nSPS) is 14.7. The summed E-state index contributed by atoms with van der Waals surface area (Å²) in [7, 11) is 1.56. The fraction of sp³-hybridized carbons (Fsp3) is 0.227. The first-order valence-electron chi connectivity index (χ1n) is 9.67. The fourth-order valence-electron chi connectivity index (χ4n) is 3.16. The van der Waals surface area contributed by atoms with Gasteiger partial charge in [-0.3, -0.25) is 9.36 Å². The van der Waals surface area contributed by atoms with E-state index in [4.69, 9.17) is 14.2 Å². The number of nitrogens with zero attached hydrogens (tertiary/aromatic N) is 3. The molecule has 8 nitrogen and oxygen atoms in total. The van der Waals surface area contributed by atoms with Crippen LogP contribution >= 0.6 is 11.8 Å². The first kappa shape index (κ1) is 20.8. The third-order valence-electron chi connectivity index (χ3n) is 4.57. The smallest absolute Gasteiger partial charge is 0.234 e. The zero-order chi connectivity index (χ0) is 21.6. The van der Waals surface area contributed by atoms with Crippen LogP contribution in [-0.2, 0) is 11.3 Å². The predicted molar refractivity (Wildman–Crippen MR) is 118 cm³/mol. The van der Waals surface area contributed by atoms with Gasteiger partial charge in [0.2, 0.25) is 5.91 Å². The van der Waals surface area contributed by atoms with Crippen molar-refractivity contribution in [1.29, 1.82) is 0 Å². The van der Waals surface area contributed by atoms with E-state index in [2.05, 4.69) is 22.1 Å². The molecule has 1 aliphatic rings. The van der Waals surface area contributed by atoms with Crippen LogP contribution in [-0.4, -0.2) is 40.1 Å². The maximum Gasteiger partial charge on any atom is 0.234 e. The number of amides is 1. The molecule has 1 aromatic heterocycles. The van der Waals surface area contributed by atoms with Crippen LogP contribution in [0.5, 0.6) is 17.2 Å². The van der Waals surface area contributed by atoms with Crippen LogP contribution in [0.25, 0.3) is 0 Å². The van der Waals surface area contributed by atoms with Crippen LogP contribution in [0.15, 0.2) is 66.3 Å². The van der Waals surface area contributed by atoms with E-state index < -0.39 is 6.10 Å². The first-order chi connectivity index (χ1) is 15.2. The number of allylic oxidation sites excluding steroid dienone is 1. The topological polar surface area (TPSA) is 87.5 Å². The summed E-state index contributed by atoms with van der Waals surface area (Å²) in [5.41, 5.74) is 0.621. The number of aromatic nitrogens is 3. The molecule has 3 aromatic rings. The highest BCUT2D eigenvalue weighted by Crippen LogP contribution is 2.36. The Balaban J connectivity index is 1.45. The summed E-state index contributed by atoms with van der Waals surface area (Å²) >= 11 is 1.29. The number of hydrogen-bond donors (Lipinski definition) is 1. The molecule has 0 fully saturated rings. The monoisotopic (exact) mass is 438 g/mol. The summed E-state index contributed by atoms with van der Waals surface area (Å²) in [5.74, 6) is 2.59. The fourth-order valence-corrected chi connectivity index (χ4v) is 3.91. The van der Waals surface area contributed by atoms with Crippen molar-refractivity contribution < 1.29 is 19.0 Å². The largest absolute Gasteiger partial charge is 0.495 e. The minimum absolute atomic E-state index is 0.165. The molecule has 9 heteroatoms. The number of nitrogens with one attached hydrogen (secondary N) is 1. The average Bonchev–Trinajstić information content (AvgIpc) is 3.20. The second kappa shape index (κ2) is 9.57. The number of fused-ring (bicyclic) bond motifs is 1. The maximum atomic E-state index is 12.5. The zero-order valence-electron chi connectivity index (χ0n) is 17.0. The minimum Gasteiger partial charge on any atom is -0.495 e. The van der Waals surface area contributed by atoms with Crippen LogP contribution in [0, 0.1) is 0 Å². The third-order valence-corrected chi connectivity index (χ3v) is 5.53. The third kappa shape index (κ3) is 4.66. The second-order valence-corrected chi connectivity index (χ2v) is 7.58. The number of carbonyl (C=O) groups excluding carboxylic acids is 1. The van der Waals surface area contributed by atoms with Crippen molar-refractivity contribution in [2.24, 2.45) is 0 Å². The van der Waals surface area contributed by atoms with Gasteiger partial charge in [-0.25, -0.2) is 0 Å². The van der Waals surface area contributed by atoms with Gasteiger partial charge in [0.05, 0.1) is 18.6 Å². The highest BCUT2D eigenvalue weighted by atomic mass is 32.2. The lowest BCUT2D eigenvalue weighted by Crippen LogP contribution is -2.25. The molecule has 1 atom stereocenters. The van der Waals surface area contributed by atoms with Gasteiger partial charge in [0.1, 0.15) is 12.4 Å². The summed E-state index contributed by atoms with van der Waals surface area (Å²) in [5, 5.41) is 12.0. The number of para-hydroxylation sites is 4. The summed E-state index contributed by atoms with van der Waals surface area (Å²) in [4.78, 5) is 12.5. The van der Waals surface area contributed by atoms with Crippen LogP contribution in [0.4, 0.5) is 5.69 Å². The van der Waals surface area contributed by atoms with Crippen molar-refractivity contribution in [1.82, 2.24) is 14.8 Å². The number of hydrogen-bond acceptors (Lipinski definition) is 7. The molecule has 2 heterocycles. The van der Waals surface area contributed by atoms with Gasteiger partial charge >= 0.3 is 0 Å². The Bertz CT molecular complexity index is 1080. The molecule has 0 saturated carbocycles. The molecule has 4 rings (SSSR count). The number of ether oxygens (including phenoxy) is 3. The van der Waals surface area contributed by atoms with E-state index in [1.165, 1.54) is 11.8 Å². The van der Waals surface area contributed by atoms with E-state index >= 15 is 0 Å². The van der Waals surface area contributed by atoms with Gasteiger partial charge in [0.15, 0.2) is 28.6 Å². The number of anilines is 1. The van der Waals surface area contributed by atoms with Crippen molar-refractivity contribution in [2.45, 2.75) is 17.8 Å². The Morgan fingerprint density at radius 3 is 2.84 bits per heavy atom. The Kier molecular flexibility index (Phi) is 6.42. The van der Waals surface area contributed by atoms with Gasteiger partial charge in [-0.05, 0) is 24.3 Å². The molecule has 31 heavy (non-hydrogen) atoms. The molecule has 1 amide bonds. The molecule has 1 unspecified atom stereocenters. The predicted octanol–water partition coefficient (Wildman–Crippen LogP) is 3.72. The van der Waals surface area contributed by atoms with Crippen molar-refractivity contribution >= 4 is 23.4 Å². The number of benzene rings is 2. The zero-order valence-corrected chi connectivity index (χ0v) is 17.8. The Morgan fingerprint density at radius 1 is 1.26 bits per heavy atom. The van der Waals surface area contributed by atoms with E-state index in [1.54, 1.807) is 25.3 Å². The molecule has 1 aliphatic heterocycles. The van der Waals surface area contributed by atoms with Crippen molar-refractivity contribution in [3.63, 3.8) is 0 Å². The van der Waals surface area contributed by atoms with Crippen LogP contribution in [0.2, 0.25) is 0 Å². The minimum atomic E-state index is -0.404. The number of methoxy groups -OCH3 is 1. The molecule has 0 radical (unpaired) electrons. The SMILES string of the molecule is C=CCn1c(SCC(=O)Nc2ccccc2OC)nnc1C1COc2ccccc2O1. The van der Waals surface area contributed by atoms with Gasteiger partial charge in [-0.1, -0.05) is 42.1 Å². The molecular formula is C22H22N4O4S. The Morgan fingerprint density at radius 2 is 2.03 bits per heavy atom. The van der Waals surface area contributed by atoms with Crippen molar-refractivity contribution in [3.8, 4) is 17.2 Å². The molecule has 160 valence electrons. The first-order valence-corrected chi connectivity index (χ1v) is 10.7. The molecule has 2 aromatic carbocycles. The van der Waals surface area contributed by atoms with Crippen molar-refractivity contribution in [2.75, 3.05) is 24.8 Å². The van der Waals surface area contributed by atoms with Gasteiger partial charge < -0.3 is 19.5 Å². The van der Waals surface area contributed by atoms with Crippen LogP contribution < -0.4 is 19.5 Å². The number of thioether (sulfide) groups is 1. The quantitative estimate of drug-likeness (QED) is 0.424. The Labute approximate surface area is 184 Å². The van der Waals surface area contributed by atoms with E-state index in [1.807, 2.05) is 41.0 Å². The van der Waals surface area contributed by atoms with E-state index in [-0.39, 0.29) is 11.7 Å². The van der Waals surface area contributed by atoms with E-state index in [0.29, 0.717) is 47.1 Å². The summed E-state index contributed by atoms with van der Waals surface area (Å²) in [6, 6.07) is 14.8. The summed E-state index contributed by atoms with van der Waals surface area (Å²) in [6.07, 6.45) is 1.35. The number of carbonyl (C=O) groups is 1. The van der Waals surface area contributed by atoms with Gasteiger partial charge in [-0.2, -0.15) is 0 Å². The van der Waals surface area contributed by atoms with Crippen molar-refractivity contribution in [3.05, 3.63) is 67.0 Å². The van der Waals surface area contributed by atoms with E-state index in [9.17, 15) is 4.79 Å². The maximum absolute atomic E-state index is 12.5. The van der Waals surface area contributed by atoms with Gasteiger partial charge in [-0.15, -0.1) is 16.8 Å². The van der Waals surface area contributed by atoms with Gasteiger partial charge in [0, 0.05) is 6.54 Å². The van der Waals surface area contributed by atoms with Crippen LogP contribution in [0.3, 0.4) is 0 Å². The number of rotatable bonds is 8. The highest BCUT2D eigenvalue weighted by molar-refractivity contribution is 7.99. The molecule has 0 spiro atoms. The molecule has 0 aliphatic carbocycles. The lowest BCUT2D eigenvalue weighted by Gasteiger charge is -2.26. The average molecular weight is 439 g/mol. The van der Waals surface area contributed by atoms with E-state index in [0.717, 1.165) is 0 Å². The second-order valence-electron chi connectivity index (χ2n) is 6.64. The lowest BCUT2D eigenvalue weighted by atomic mass is 10.2.